The molecule has 0 radical (unpaired) electrons. The highest BCUT2D eigenvalue weighted by Crippen LogP contribution is 2.19. The van der Waals surface area contributed by atoms with Crippen molar-refractivity contribution < 1.29 is 4.79 Å². The van der Waals surface area contributed by atoms with Crippen molar-refractivity contribution in [1.29, 1.82) is 0 Å². The first-order valence-electron chi connectivity index (χ1n) is 4.50. The van der Waals surface area contributed by atoms with Crippen LogP contribution in [0.4, 0.5) is 0 Å². The lowest BCUT2D eigenvalue weighted by molar-refractivity contribution is -0.118. The van der Waals surface area contributed by atoms with E-state index in [0.717, 1.165) is 19.4 Å². The summed E-state index contributed by atoms with van der Waals surface area (Å²) >= 11 is 3.58. The fourth-order valence-corrected chi connectivity index (χ4v) is 2.12. The van der Waals surface area contributed by atoms with Crippen LogP contribution in [0.1, 0.15) is 33.6 Å². The Balaban J connectivity index is 3.68. The van der Waals surface area contributed by atoms with E-state index in [1.807, 2.05) is 0 Å². The number of hydrogen-bond donors (Lipinski definition) is 1. The minimum Gasteiger partial charge on any atom is -0.355 e. The van der Waals surface area contributed by atoms with Crippen molar-refractivity contribution in [2.45, 2.75) is 38.4 Å². The van der Waals surface area contributed by atoms with Gasteiger partial charge in [0.15, 0.2) is 0 Å². The maximum atomic E-state index is 10.6. The fraction of sp³-hybridized carbons (Fsp3) is 0.889. The molecule has 0 rings (SSSR count). The largest absolute Gasteiger partial charge is 0.355 e. The molecule has 0 aliphatic heterocycles. The highest BCUT2D eigenvalue weighted by atomic mass is 79.9. The third kappa shape index (κ3) is 4.75. The predicted molar refractivity (Wildman–Crippen MR) is 55.5 cm³/mol. The van der Waals surface area contributed by atoms with Crippen molar-refractivity contribution in [2.24, 2.45) is 5.92 Å². The first-order valence-corrected chi connectivity index (χ1v) is 5.41. The van der Waals surface area contributed by atoms with E-state index in [0.29, 0.717) is 10.7 Å². The van der Waals surface area contributed by atoms with Gasteiger partial charge < -0.3 is 5.32 Å². The second-order valence-electron chi connectivity index (χ2n) is 3.03. The summed E-state index contributed by atoms with van der Waals surface area (Å²) in [6, 6.07) is 0. The van der Waals surface area contributed by atoms with Gasteiger partial charge >= 0.3 is 0 Å². The predicted octanol–water partition coefficient (Wildman–Crippen LogP) is 2.32. The van der Waals surface area contributed by atoms with Crippen molar-refractivity contribution in [3.63, 3.8) is 0 Å². The van der Waals surface area contributed by atoms with E-state index in [2.05, 4.69) is 35.1 Å². The Hall–Kier alpha value is -0.0500. The van der Waals surface area contributed by atoms with Gasteiger partial charge in [-0.15, -0.1) is 0 Å². The van der Waals surface area contributed by atoms with Crippen LogP contribution in [0, 0.1) is 5.92 Å². The molecule has 0 aromatic rings. The van der Waals surface area contributed by atoms with Gasteiger partial charge in [-0.05, 0) is 5.92 Å². The third-order valence-electron chi connectivity index (χ3n) is 2.11. The minimum atomic E-state index is 0.0467. The zero-order valence-electron chi connectivity index (χ0n) is 8.06. The summed E-state index contributed by atoms with van der Waals surface area (Å²) in [6.45, 7) is 6.64. The first-order chi connectivity index (χ1) is 5.61. The van der Waals surface area contributed by atoms with Crippen LogP contribution in [0.2, 0.25) is 0 Å². The summed E-state index contributed by atoms with van der Waals surface area (Å²) in [5, 5.41) is 2.81. The van der Waals surface area contributed by atoms with Crippen LogP contribution in [0.25, 0.3) is 0 Å². The van der Waals surface area contributed by atoms with E-state index in [9.17, 15) is 4.79 Å². The fourth-order valence-electron chi connectivity index (χ4n) is 1.21. The molecule has 0 bridgehead atoms. The summed E-state index contributed by atoms with van der Waals surface area (Å²) in [5.74, 6) is 0.710. The van der Waals surface area contributed by atoms with Gasteiger partial charge in [0.05, 0.1) is 0 Å². The van der Waals surface area contributed by atoms with Gasteiger partial charge in [-0.1, -0.05) is 42.6 Å². The van der Waals surface area contributed by atoms with E-state index >= 15 is 0 Å². The molecule has 0 aromatic carbocycles. The molecule has 12 heavy (non-hydrogen) atoms. The van der Waals surface area contributed by atoms with Crippen LogP contribution >= 0.6 is 15.9 Å². The standard InChI is InChI=1S/C9H18BrNO/c1-4-8(5-2)9(10)6-11-7(3)12/h8-9H,4-6H2,1-3H3,(H,11,12). The number of nitrogens with one attached hydrogen (secondary N) is 1. The molecule has 1 amide bonds. The summed E-state index contributed by atoms with van der Waals surface area (Å²) in [6.07, 6.45) is 2.32. The van der Waals surface area contributed by atoms with E-state index in [1.165, 1.54) is 0 Å². The molecule has 0 spiro atoms. The lowest BCUT2D eigenvalue weighted by Crippen LogP contribution is -2.31. The van der Waals surface area contributed by atoms with Crippen molar-refractivity contribution in [1.82, 2.24) is 5.32 Å². The number of alkyl halides is 1. The molecular weight excluding hydrogens is 218 g/mol. The molecule has 1 unspecified atom stereocenters. The Bertz CT molecular complexity index is 134. The van der Waals surface area contributed by atoms with Crippen LogP contribution in [0.3, 0.4) is 0 Å². The van der Waals surface area contributed by atoms with Gasteiger partial charge in [-0.3, -0.25) is 4.79 Å². The third-order valence-corrected chi connectivity index (χ3v) is 3.18. The molecule has 1 N–H and O–H groups in total. The zero-order valence-corrected chi connectivity index (χ0v) is 9.65. The average molecular weight is 236 g/mol. The van der Waals surface area contributed by atoms with Crippen LogP contribution in [0.15, 0.2) is 0 Å². The SMILES string of the molecule is CCC(CC)C(Br)CNC(C)=O. The Kier molecular flexibility index (Phi) is 6.44. The summed E-state index contributed by atoms with van der Waals surface area (Å²) < 4.78 is 0. The summed E-state index contributed by atoms with van der Waals surface area (Å²) in [4.78, 5) is 11.0. The second-order valence-corrected chi connectivity index (χ2v) is 4.21. The maximum Gasteiger partial charge on any atom is 0.216 e. The van der Waals surface area contributed by atoms with Gasteiger partial charge in [0.25, 0.3) is 0 Å². The van der Waals surface area contributed by atoms with E-state index in [-0.39, 0.29) is 5.91 Å². The number of rotatable bonds is 5. The van der Waals surface area contributed by atoms with Crippen molar-refractivity contribution >= 4 is 21.8 Å². The van der Waals surface area contributed by atoms with Gasteiger partial charge in [0.1, 0.15) is 0 Å². The highest BCUT2D eigenvalue weighted by molar-refractivity contribution is 9.09. The van der Waals surface area contributed by atoms with Gasteiger partial charge in [0, 0.05) is 18.3 Å². The number of carbonyl (C=O) groups is 1. The van der Waals surface area contributed by atoms with Gasteiger partial charge in [-0.25, -0.2) is 0 Å². The minimum absolute atomic E-state index is 0.0467. The molecule has 2 nitrogen and oxygen atoms in total. The Morgan fingerprint density at radius 2 is 1.92 bits per heavy atom. The van der Waals surface area contributed by atoms with Crippen LogP contribution in [-0.4, -0.2) is 17.3 Å². The maximum absolute atomic E-state index is 10.6. The van der Waals surface area contributed by atoms with Crippen LogP contribution < -0.4 is 5.32 Å². The zero-order chi connectivity index (χ0) is 9.56. The quantitative estimate of drug-likeness (QED) is 0.729. The number of amides is 1. The smallest absolute Gasteiger partial charge is 0.216 e. The molecule has 0 saturated heterocycles. The number of carbonyl (C=O) groups excluding carboxylic acids is 1. The van der Waals surface area contributed by atoms with E-state index in [4.69, 9.17) is 0 Å². The summed E-state index contributed by atoms with van der Waals surface area (Å²) in [7, 11) is 0. The monoisotopic (exact) mass is 235 g/mol. The molecule has 0 heterocycles. The van der Waals surface area contributed by atoms with Gasteiger partial charge in [-0.2, -0.15) is 0 Å². The molecule has 0 fully saturated rings. The van der Waals surface area contributed by atoms with Crippen LogP contribution in [0.5, 0.6) is 0 Å². The number of hydrogen-bond acceptors (Lipinski definition) is 1. The van der Waals surface area contributed by atoms with E-state index < -0.39 is 0 Å². The second kappa shape index (κ2) is 6.46. The number of halogens is 1. The molecule has 0 aliphatic rings. The summed E-state index contributed by atoms with van der Waals surface area (Å²) in [5.41, 5.74) is 0. The van der Waals surface area contributed by atoms with Crippen molar-refractivity contribution in [3.05, 3.63) is 0 Å². The Labute approximate surface area is 83.2 Å². The molecule has 0 saturated carbocycles. The van der Waals surface area contributed by atoms with Gasteiger partial charge in [0.2, 0.25) is 5.91 Å². The molecule has 72 valence electrons. The lowest BCUT2D eigenvalue weighted by atomic mass is 9.99. The Morgan fingerprint density at radius 1 is 1.42 bits per heavy atom. The van der Waals surface area contributed by atoms with Crippen LogP contribution in [-0.2, 0) is 4.79 Å². The Morgan fingerprint density at radius 3 is 2.25 bits per heavy atom. The van der Waals surface area contributed by atoms with E-state index in [1.54, 1.807) is 6.92 Å². The molecule has 1 atom stereocenters. The molecular formula is C9H18BrNO. The topological polar surface area (TPSA) is 29.1 Å². The molecule has 3 heteroatoms. The lowest BCUT2D eigenvalue weighted by Gasteiger charge is -2.19. The normalized spacial score (nSPS) is 13.1. The molecule has 0 aromatic heterocycles. The van der Waals surface area contributed by atoms with Crippen molar-refractivity contribution in [2.75, 3.05) is 6.54 Å². The van der Waals surface area contributed by atoms with Crippen molar-refractivity contribution in [3.8, 4) is 0 Å². The highest BCUT2D eigenvalue weighted by Gasteiger charge is 2.14. The molecule has 0 aliphatic carbocycles. The first kappa shape index (κ1) is 11.9. The average Bonchev–Trinajstić information content (AvgIpc) is 2.03.